The molecule has 0 unspecified atom stereocenters. The Balaban J connectivity index is 2.29. The standard InChI is InChI=1S/C8H17NO/c1-7-3-4-9(5-7)8(2)6-10/h7-8,10H,3-6H2,1-2H3/t7-,8+/m0/s1. The average Bonchev–Trinajstić information content (AvgIpc) is 2.34. The molecule has 0 saturated carbocycles. The van der Waals surface area contributed by atoms with Crippen LogP contribution in [0.3, 0.4) is 0 Å². The van der Waals surface area contributed by atoms with Gasteiger partial charge in [0.15, 0.2) is 0 Å². The second-order valence-electron chi connectivity index (χ2n) is 3.42. The third-order valence-corrected chi connectivity index (χ3v) is 2.34. The number of aliphatic hydroxyl groups is 1. The van der Waals surface area contributed by atoms with E-state index in [0.29, 0.717) is 12.6 Å². The van der Waals surface area contributed by atoms with E-state index in [0.717, 1.165) is 5.92 Å². The second kappa shape index (κ2) is 3.35. The van der Waals surface area contributed by atoms with E-state index in [4.69, 9.17) is 5.11 Å². The SMILES string of the molecule is C[C@H]1CCN([C@H](C)CO)C1. The Bertz CT molecular complexity index is 105. The summed E-state index contributed by atoms with van der Waals surface area (Å²) >= 11 is 0. The molecule has 2 nitrogen and oxygen atoms in total. The highest BCUT2D eigenvalue weighted by Crippen LogP contribution is 2.16. The van der Waals surface area contributed by atoms with E-state index in [1.54, 1.807) is 0 Å². The summed E-state index contributed by atoms with van der Waals surface area (Å²) in [5.74, 6) is 0.828. The maximum absolute atomic E-state index is 8.84. The lowest BCUT2D eigenvalue weighted by molar-refractivity contribution is 0.155. The Morgan fingerprint density at radius 1 is 1.70 bits per heavy atom. The number of rotatable bonds is 2. The van der Waals surface area contributed by atoms with Crippen LogP contribution in [0, 0.1) is 5.92 Å². The van der Waals surface area contributed by atoms with Gasteiger partial charge >= 0.3 is 0 Å². The minimum absolute atomic E-state index is 0.298. The summed E-state index contributed by atoms with van der Waals surface area (Å²) in [6.45, 7) is 6.99. The van der Waals surface area contributed by atoms with Crippen molar-refractivity contribution < 1.29 is 5.11 Å². The van der Waals surface area contributed by atoms with E-state index in [-0.39, 0.29) is 0 Å². The fourth-order valence-electron chi connectivity index (χ4n) is 1.48. The normalized spacial score (nSPS) is 30.9. The van der Waals surface area contributed by atoms with E-state index in [1.165, 1.54) is 19.5 Å². The molecule has 0 radical (unpaired) electrons. The Hall–Kier alpha value is -0.0800. The van der Waals surface area contributed by atoms with Crippen molar-refractivity contribution in [3.8, 4) is 0 Å². The molecule has 1 N–H and O–H groups in total. The average molecular weight is 143 g/mol. The van der Waals surface area contributed by atoms with E-state index >= 15 is 0 Å². The monoisotopic (exact) mass is 143 g/mol. The van der Waals surface area contributed by atoms with Crippen LogP contribution in [0.15, 0.2) is 0 Å². The summed E-state index contributed by atoms with van der Waals surface area (Å²) in [7, 11) is 0. The third-order valence-electron chi connectivity index (χ3n) is 2.34. The van der Waals surface area contributed by atoms with Crippen LogP contribution in [-0.4, -0.2) is 35.7 Å². The minimum atomic E-state index is 0.298. The van der Waals surface area contributed by atoms with Gasteiger partial charge in [0.25, 0.3) is 0 Å². The van der Waals surface area contributed by atoms with Gasteiger partial charge in [0.2, 0.25) is 0 Å². The molecule has 1 rings (SSSR count). The Morgan fingerprint density at radius 2 is 2.40 bits per heavy atom. The van der Waals surface area contributed by atoms with E-state index in [9.17, 15) is 0 Å². The number of nitrogens with zero attached hydrogens (tertiary/aromatic N) is 1. The molecule has 0 bridgehead atoms. The summed E-state index contributed by atoms with van der Waals surface area (Å²) in [5.41, 5.74) is 0. The van der Waals surface area contributed by atoms with Crippen LogP contribution in [-0.2, 0) is 0 Å². The quantitative estimate of drug-likeness (QED) is 0.615. The van der Waals surface area contributed by atoms with Crippen LogP contribution in [0.5, 0.6) is 0 Å². The first-order valence-corrected chi connectivity index (χ1v) is 4.09. The molecule has 1 saturated heterocycles. The van der Waals surface area contributed by atoms with Crippen molar-refractivity contribution in [3.63, 3.8) is 0 Å². The molecule has 1 heterocycles. The molecule has 0 amide bonds. The molecule has 1 aliphatic rings. The first kappa shape index (κ1) is 8.02. The van der Waals surface area contributed by atoms with Gasteiger partial charge in [-0.25, -0.2) is 0 Å². The summed E-state index contributed by atoms with van der Waals surface area (Å²) in [6, 6.07) is 0.366. The van der Waals surface area contributed by atoms with Crippen LogP contribution in [0.4, 0.5) is 0 Å². The van der Waals surface area contributed by atoms with Gasteiger partial charge in [0.1, 0.15) is 0 Å². The van der Waals surface area contributed by atoms with Crippen molar-refractivity contribution in [3.05, 3.63) is 0 Å². The molecule has 0 aromatic carbocycles. The highest BCUT2D eigenvalue weighted by molar-refractivity contribution is 4.76. The van der Waals surface area contributed by atoms with Gasteiger partial charge in [-0.1, -0.05) is 6.92 Å². The molecule has 2 atom stereocenters. The van der Waals surface area contributed by atoms with Crippen LogP contribution in [0.1, 0.15) is 20.3 Å². The fourth-order valence-corrected chi connectivity index (χ4v) is 1.48. The fraction of sp³-hybridized carbons (Fsp3) is 1.00. The van der Waals surface area contributed by atoms with Crippen molar-refractivity contribution in [2.45, 2.75) is 26.3 Å². The maximum atomic E-state index is 8.84. The molecular weight excluding hydrogens is 126 g/mol. The molecule has 10 heavy (non-hydrogen) atoms. The summed E-state index contributed by atoms with van der Waals surface area (Å²) in [5, 5.41) is 8.84. The third kappa shape index (κ3) is 1.70. The van der Waals surface area contributed by atoms with Gasteiger partial charge in [-0.3, -0.25) is 4.90 Å². The first-order chi connectivity index (χ1) is 4.74. The van der Waals surface area contributed by atoms with Crippen molar-refractivity contribution in [2.75, 3.05) is 19.7 Å². The predicted molar refractivity (Wildman–Crippen MR) is 41.9 cm³/mol. The van der Waals surface area contributed by atoms with E-state index < -0.39 is 0 Å². The highest BCUT2D eigenvalue weighted by atomic mass is 16.3. The smallest absolute Gasteiger partial charge is 0.0584 e. The van der Waals surface area contributed by atoms with Crippen molar-refractivity contribution in [1.82, 2.24) is 4.90 Å². The summed E-state index contributed by atoms with van der Waals surface area (Å²) in [6.07, 6.45) is 1.30. The maximum Gasteiger partial charge on any atom is 0.0584 e. The molecule has 0 aliphatic carbocycles. The first-order valence-electron chi connectivity index (χ1n) is 4.09. The summed E-state index contributed by atoms with van der Waals surface area (Å²) in [4.78, 5) is 2.35. The molecule has 2 heteroatoms. The van der Waals surface area contributed by atoms with Crippen LogP contribution in [0.2, 0.25) is 0 Å². The van der Waals surface area contributed by atoms with Gasteiger partial charge in [0.05, 0.1) is 6.61 Å². The molecule has 0 aromatic heterocycles. The zero-order valence-corrected chi connectivity index (χ0v) is 6.88. The van der Waals surface area contributed by atoms with Crippen molar-refractivity contribution in [2.24, 2.45) is 5.92 Å². The van der Waals surface area contributed by atoms with Gasteiger partial charge in [-0.2, -0.15) is 0 Å². The molecular formula is C8H17NO. The Morgan fingerprint density at radius 3 is 2.80 bits per heavy atom. The van der Waals surface area contributed by atoms with Crippen LogP contribution < -0.4 is 0 Å². The molecule has 60 valence electrons. The number of hydrogen-bond acceptors (Lipinski definition) is 2. The lowest BCUT2D eigenvalue weighted by atomic mass is 10.2. The van der Waals surface area contributed by atoms with Gasteiger partial charge < -0.3 is 5.11 Å². The molecule has 0 aromatic rings. The second-order valence-corrected chi connectivity index (χ2v) is 3.42. The minimum Gasteiger partial charge on any atom is -0.395 e. The van der Waals surface area contributed by atoms with Crippen molar-refractivity contribution >= 4 is 0 Å². The van der Waals surface area contributed by atoms with Gasteiger partial charge in [0, 0.05) is 12.6 Å². The largest absolute Gasteiger partial charge is 0.395 e. The van der Waals surface area contributed by atoms with E-state index in [1.807, 2.05) is 0 Å². The van der Waals surface area contributed by atoms with Crippen LogP contribution >= 0.6 is 0 Å². The van der Waals surface area contributed by atoms with Gasteiger partial charge in [-0.15, -0.1) is 0 Å². The topological polar surface area (TPSA) is 23.5 Å². The lowest BCUT2D eigenvalue weighted by Gasteiger charge is -2.21. The van der Waals surface area contributed by atoms with Crippen LogP contribution in [0.25, 0.3) is 0 Å². The van der Waals surface area contributed by atoms with E-state index in [2.05, 4.69) is 18.7 Å². The molecule has 1 fully saturated rings. The molecule has 0 spiro atoms. The Kier molecular flexibility index (Phi) is 2.69. The highest BCUT2D eigenvalue weighted by Gasteiger charge is 2.21. The lowest BCUT2D eigenvalue weighted by Crippen LogP contribution is -2.33. The number of likely N-dealkylation sites (tertiary alicyclic amines) is 1. The number of aliphatic hydroxyl groups excluding tert-OH is 1. The molecule has 1 aliphatic heterocycles. The Labute approximate surface area is 62.8 Å². The number of hydrogen-bond donors (Lipinski definition) is 1. The zero-order valence-electron chi connectivity index (χ0n) is 6.88. The summed E-state index contributed by atoms with van der Waals surface area (Å²) < 4.78 is 0. The van der Waals surface area contributed by atoms with Gasteiger partial charge in [-0.05, 0) is 25.8 Å². The van der Waals surface area contributed by atoms with Crippen molar-refractivity contribution in [1.29, 1.82) is 0 Å². The predicted octanol–water partition coefficient (Wildman–Crippen LogP) is 0.709. The zero-order chi connectivity index (χ0) is 7.56.